The van der Waals surface area contributed by atoms with Gasteiger partial charge >= 0.3 is 0 Å². The van der Waals surface area contributed by atoms with E-state index in [9.17, 15) is 8.78 Å². The van der Waals surface area contributed by atoms with Crippen LogP contribution in [-0.2, 0) is 0 Å². The van der Waals surface area contributed by atoms with Crippen molar-refractivity contribution in [1.82, 2.24) is 19.5 Å². The summed E-state index contributed by atoms with van der Waals surface area (Å²) in [5.41, 5.74) is 1.00. The van der Waals surface area contributed by atoms with Crippen molar-refractivity contribution in [3.8, 4) is 5.88 Å². The predicted molar refractivity (Wildman–Crippen MR) is 110 cm³/mol. The quantitative estimate of drug-likeness (QED) is 0.625. The van der Waals surface area contributed by atoms with Gasteiger partial charge in [0.15, 0.2) is 0 Å². The van der Waals surface area contributed by atoms with Crippen LogP contribution in [0.1, 0.15) is 44.6 Å². The highest BCUT2D eigenvalue weighted by molar-refractivity contribution is 5.80. The largest absolute Gasteiger partial charge is 0.474 e. The minimum Gasteiger partial charge on any atom is -0.474 e. The van der Waals surface area contributed by atoms with Gasteiger partial charge in [0.25, 0.3) is 0 Å². The van der Waals surface area contributed by atoms with Crippen molar-refractivity contribution in [2.24, 2.45) is 0 Å². The van der Waals surface area contributed by atoms with Crippen molar-refractivity contribution >= 4 is 16.9 Å². The number of nitrogens with zero attached hydrogens (tertiary/aromatic N) is 5. The van der Waals surface area contributed by atoms with Crippen LogP contribution in [0.2, 0.25) is 0 Å². The molecule has 30 heavy (non-hydrogen) atoms. The van der Waals surface area contributed by atoms with E-state index in [2.05, 4.69) is 24.4 Å². The van der Waals surface area contributed by atoms with Gasteiger partial charge in [0.1, 0.15) is 6.10 Å². The van der Waals surface area contributed by atoms with Gasteiger partial charge in [0.2, 0.25) is 17.8 Å². The molecule has 0 unspecified atom stereocenters. The van der Waals surface area contributed by atoms with E-state index < -0.39 is 5.92 Å². The fourth-order valence-electron chi connectivity index (χ4n) is 4.51. The lowest BCUT2D eigenvalue weighted by Crippen LogP contribution is -2.39. The normalized spacial score (nSPS) is 20.5. The monoisotopic (exact) mass is 413 g/mol. The first-order chi connectivity index (χ1) is 14.6. The Bertz CT molecular complexity index is 991. The molecule has 0 bridgehead atoms. The Morgan fingerprint density at radius 2 is 1.73 bits per heavy atom. The molecule has 1 saturated heterocycles. The highest BCUT2D eigenvalue weighted by Crippen LogP contribution is 2.40. The van der Waals surface area contributed by atoms with E-state index in [1.54, 1.807) is 12.4 Å². The van der Waals surface area contributed by atoms with Gasteiger partial charge in [-0.15, -0.1) is 0 Å². The number of piperidine rings is 1. The van der Waals surface area contributed by atoms with Crippen molar-refractivity contribution in [2.45, 2.75) is 56.6 Å². The molecule has 2 aliphatic rings. The van der Waals surface area contributed by atoms with Crippen molar-refractivity contribution in [1.29, 1.82) is 0 Å². The molecule has 1 aliphatic heterocycles. The number of pyridine rings is 1. The number of hydrogen-bond donors (Lipinski definition) is 0. The Hall–Kier alpha value is -2.77. The first-order valence-corrected chi connectivity index (χ1v) is 10.6. The third-order valence-electron chi connectivity index (χ3n) is 6.22. The number of fused-ring (bicyclic) bond motifs is 1. The molecule has 3 aromatic heterocycles. The molecule has 0 N–H and O–H groups in total. The average Bonchev–Trinajstić information content (AvgIpc) is 3.18. The Morgan fingerprint density at radius 3 is 2.47 bits per heavy atom. The predicted octanol–water partition coefficient (Wildman–Crippen LogP) is 4.62. The van der Waals surface area contributed by atoms with E-state index in [1.807, 2.05) is 30.6 Å². The molecule has 4 heterocycles. The number of halogens is 2. The maximum Gasteiger partial charge on any atom is 0.248 e. The smallest absolute Gasteiger partial charge is 0.248 e. The second-order valence-electron chi connectivity index (χ2n) is 8.24. The molecule has 8 heteroatoms. The van der Waals surface area contributed by atoms with Crippen molar-refractivity contribution < 1.29 is 13.5 Å². The van der Waals surface area contributed by atoms with Crippen LogP contribution < -0.4 is 9.64 Å². The summed E-state index contributed by atoms with van der Waals surface area (Å²) in [6.07, 6.45) is 10.0. The van der Waals surface area contributed by atoms with Crippen molar-refractivity contribution in [2.75, 3.05) is 18.0 Å². The second-order valence-corrected chi connectivity index (χ2v) is 8.24. The summed E-state index contributed by atoms with van der Waals surface area (Å²) >= 11 is 0. The molecule has 6 nitrogen and oxygen atoms in total. The highest BCUT2D eigenvalue weighted by atomic mass is 19.3. The average molecular weight is 413 g/mol. The van der Waals surface area contributed by atoms with Crippen molar-refractivity contribution in [3.05, 3.63) is 43.0 Å². The van der Waals surface area contributed by atoms with E-state index in [0.717, 1.165) is 42.8 Å². The zero-order valence-corrected chi connectivity index (χ0v) is 16.8. The summed E-state index contributed by atoms with van der Waals surface area (Å²) in [6, 6.07) is 5.87. The van der Waals surface area contributed by atoms with Gasteiger partial charge in [-0.05, 0) is 25.0 Å². The van der Waals surface area contributed by atoms with Gasteiger partial charge in [-0.25, -0.2) is 23.7 Å². The van der Waals surface area contributed by atoms with Crippen LogP contribution in [0.4, 0.5) is 14.7 Å². The Labute approximate surface area is 173 Å². The van der Waals surface area contributed by atoms with Gasteiger partial charge < -0.3 is 14.2 Å². The topological polar surface area (TPSA) is 56.1 Å². The van der Waals surface area contributed by atoms with E-state index in [0.29, 0.717) is 18.7 Å². The van der Waals surface area contributed by atoms with Crippen LogP contribution in [0.5, 0.6) is 5.88 Å². The summed E-state index contributed by atoms with van der Waals surface area (Å²) in [5, 5.41) is 1.01. The van der Waals surface area contributed by atoms with Crippen LogP contribution >= 0.6 is 0 Å². The van der Waals surface area contributed by atoms with Gasteiger partial charge in [-0.3, -0.25) is 0 Å². The van der Waals surface area contributed by atoms with E-state index in [1.165, 1.54) is 0 Å². The van der Waals surface area contributed by atoms with Crippen LogP contribution in [0, 0.1) is 0 Å². The summed E-state index contributed by atoms with van der Waals surface area (Å²) in [7, 11) is 0. The van der Waals surface area contributed by atoms with Gasteiger partial charge in [0.05, 0.1) is 5.52 Å². The number of anilines is 1. The molecule has 0 amide bonds. The standard InChI is InChI=1S/C22H25F2N5O/c23-22(24)7-2-17(3-8-22)29-13-4-16-15-27-20(14-19(16)29)30-18-5-11-28(12-6-18)21-25-9-1-10-26-21/h1,4,9-10,13-15,17-18H,2-3,5-8,11-12H2. The summed E-state index contributed by atoms with van der Waals surface area (Å²) in [5.74, 6) is -1.17. The minimum absolute atomic E-state index is 0.0461. The third kappa shape index (κ3) is 3.95. The van der Waals surface area contributed by atoms with Crippen LogP contribution in [0.25, 0.3) is 10.9 Å². The molecule has 2 fully saturated rings. The molecule has 1 saturated carbocycles. The maximum atomic E-state index is 13.5. The van der Waals surface area contributed by atoms with Gasteiger partial charge in [-0.2, -0.15) is 0 Å². The zero-order valence-electron chi connectivity index (χ0n) is 16.8. The zero-order chi connectivity index (χ0) is 20.6. The molecule has 3 aromatic rings. The Kier molecular flexibility index (Phi) is 5.00. The third-order valence-corrected chi connectivity index (χ3v) is 6.22. The molecule has 0 atom stereocenters. The number of aromatic nitrogens is 4. The molecule has 0 aromatic carbocycles. The molecular weight excluding hydrogens is 388 g/mol. The van der Waals surface area contributed by atoms with E-state index in [-0.39, 0.29) is 25.0 Å². The lowest BCUT2D eigenvalue weighted by atomic mass is 9.92. The Balaban J connectivity index is 1.26. The first-order valence-electron chi connectivity index (χ1n) is 10.6. The maximum absolute atomic E-state index is 13.5. The SMILES string of the molecule is FC1(F)CCC(n2ccc3cnc(OC4CCN(c5ncccn5)CC4)cc32)CC1. The number of hydrogen-bond acceptors (Lipinski definition) is 5. The number of rotatable bonds is 4. The molecule has 5 rings (SSSR count). The number of alkyl halides is 2. The summed E-state index contributed by atoms with van der Waals surface area (Å²) < 4.78 is 35.4. The molecule has 0 radical (unpaired) electrons. The fraction of sp³-hybridized carbons (Fsp3) is 0.500. The van der Waals surface area contributed by atoms with Crippen LogP contribution in [-0.4, -0.2) is 44.6 Å². The molecule has 1 aliphatic carbocycles. The second kappa shape index (κ2) is 7.81. The van der Waals surface area contributed by atoms with Crippen molar-refractivity contribution in [3.63, 3.8) is 0 Å². The fourth-order valence-corrected chi connectivity index (χ4v) is 4.51. The number of ether oxygens (including phenoxy) is 1. The lowest BCUT2D eigenvalue weighted by Gasteiger charge is -2.32. The molecular formula is C22H25F2N5O. The summed E-state index contributed by atoms with van der Waals surface area (Å²) in [4.78, 5) is 15.3. The lowest BCUT2D eigenvalue weighted by molar-refractivity contribution is -0.0435. The van der Waals surface area contributed by atoms with E-state index in [4.69, 9.17) is 4.74 Å². The minimum atomic E-state index is -2.52. The first kappa shape index (κ1) is 19.2. The van der Waals surface area contributed by atoms with Gasteiger partial charge in [0, 0.05) is 81.1 Å². The molecule has 158 valence electrons. The van der Waals surface area contributed by atoms with Crippen LogP contribution in [0.3, 0.4) is 0 Å². The highest BCUT2D eigenvalue weighted by Gasteiger charge is 2.35. The molecule has 0 spiro atoms. The summed E-state index contributed by atoms with van der Waals surface area (Å²) in [6.45, 7) is 1.67. The van der Waals surface area contributed by atoms with Gasteiger partial charge in [-0.1, -0.05) is 0 Å². The van der Waals surface area contributed by atoms with Crippen LogP contribution in [0.15, 0.2) is 43.0 Å². The Morgan fingerprint density at radius 1 is 1.00 bits per heavy atom. The van der Waals surface area contributed by atoms with E-state index >= 15 is 0 Å².